The smallest absolute Gasteiger partial charge is 0.267 e. The second kappa shape index (κ2) is 7.38. The zero-order valence-electron chi connectivity index (χ0n) is 17.5. The molecule has 4 aromatic rings. The molecule has 9 heteroatoms. The largest absolute Gasteiger partial charge is 0.497 e. The van der Waals surface area contributed by atoms with E-state index in [1.807, 2.05) is 12.1 Å². The van der Waals surface area contributed by atoms with E-state index < -0.39 is 11.8 Å². The van der Waals surface area contributed by atoms with Gasteiger partial charge in [-0.25, -0.2) is 9.88 Å². The maximum absolute atomic E-state index is 13.6. The monoisotopic (exact) mass is 430 g/mol. The van der Waals surface area contributed by atoms with Gasteiger partial charge in [0.15, 0.2) is 5.65 Å². The molecule has 0 unspecified atom stereocenters. The first-order valence-corrected chi connectivity index (χ1v) is 9.69. The lowest BCUT2D eigenvalue weighted by atomic mass is 10.0. The molecule has 1 aliphatic heterocycles. The van der Waals surface area contributed by atoms with Crippen LogP contribution in [0.15, 0.2) is 48.7 Å². The third kappa shape index (κ3) is 2.78. The number of pyridine rings is 1. The highest BCUT2D eigenvalue weighted by molar-refractivity contribution is 6.38. The molecular formula is C23H18N4O5. The van der Waals surface area contributed by atoms with Gasteiger partial charge in [0.2, 0.25) is 0 Å². The number of H-pyrrole nitrogens is 1. The number of aromatic nitrogens is 3. The molecule has 0 saturated heterocycles. The molecule has 0 saturated carbocycles. The SMILES string of the molecule is COc1ccc(-c2[nH]nc3ncc4c(c23)C(=O)N(c2ccc(OC)cc2OC)C4=O)cc1. The number of aromatic amines is 1. The molecule has 2 aromatic heterocycles. The first kappa shape index (κ1) is 19.6. The summed E-state index contributed by atoms with van der Waals surface area (Å²) in [7, 11) is 4.58. The third-order valence-electron chi connectivity index (χ3n) is 5.44. The molecule has 5 rings (SSSR count). The van der Waals surface area contributed by atoms with Crippen LogP contribution in [-0.2, 0) is 0 Å². The van der Waals surface area contributed by atoms with Crippen molar-refractivity contribution in [2.75, 3.05) is 26.2 Å². The number of rotatable bonds is 5. The Labute approximate surface area is 182 Å². The van der Waals surface area contributed by atoms with E-state index in [0.717, 1.165) is 10.5 Å². The fourth-order valence-corrected chi connectivity index (χ4v) is 3.85. The molecule has 3 heterocycles. The Morgan fingerprint density at radius 1 is 0.875 bits per heavy atom. The first-order chi connectivity index (χ1) is 15.6. The van der Waals surface area contributed by atoms with Crippen LogP contribution in [0.2, 0.25) is 0 Å². The van der Waals surface area contributed by atoms with Gasteiger partial charge in [-0.3, -0.25) is 14.7 Å². The molecule has 0 fully saturated rings. The van der Waals surface area contributed by atoms with Gasteiger partial charge in [-0.2, -0.15) is 5.10 Å². The summed E-state index contributed by atoms with van der Waals surface area (Å²) in [4.78, 5) is 32.2. The molecule has 2 amide bonds. The Hall–Kier alpha value is -4.40. The van der Waals surface area contributed by atoms with Crippen LogP contribution in [0.5, 0.6) is 17.2 Å². The average Bonchev–Trinajstić information content (AvgIpc) is 3.37. The lowest BCUT2D eigenvalue weighted by molar-refractivity contribution is 0.0925. The maximum atomic E-state index is 13.6. The van der Waals surface area contributed by atoms with E-state index in [1.165, 1.54) is 20.4 Å². The number of hydrogen-bond donors (Lipinski definition) is 1. The number of nitrogens with zero attached hydrogens (tertiary/aromatic N) is 3. The Morgan fingerprint density at radius 3 is 2.28 bits per heavy atom. The second-order valence-corrected chi connectivity index (χ2v) is 7.06. The van der Waals surface area contributed by atoms with Gasteiger partial charge in [-0.05, 0) is 36.4 Å². The van der Waals surface area contributed by atoms with Crippen LogP contribution in [0.25, 0.3) is 22.3 Å². The number of hydrogen-bond acceptors (Lipinski definition) is 7. The van der Waals surface area contributed by atoms with Crippen LogP contribution in [0, 0.1) is 0 Å². The minimum Gasteiger partial charge on any atom is -0.497 e. The highest BCUT2D eigenvalue weighted by atomic mass is 16.5. The maximum Gasteiger partial charge on any atom is 0.267 e. The van der Waals surface area contributed by atoms with Crippen molar-refractivity contribution in [1.29, 1.82) is 0 Å². The minimum atomic E-state index is -0.482. The fourth-order valence-electron chi connectivity index (χ4n) is 3.85. The van der Waals surface area contributed by atoms with Crippen LogP contribution in [0.4, 0.5) is 5.69 Å². The number of carbonyl (C=O) groups is 2. The molecule has 0 aliphatic carbocycles. The molecule has 0 radical (unpaired) electrons. The number of methoxy groups -OCH3 is 3. The number of benzene rings is 2. The van der Waals surface area contributed by atoms with Crippen molar-refractivity contribution < 1.29 is 23.8 Å². The van der Waals surface area contributed by atoms with Crippen molar-refractivity contribution in [2.45, 2.75) is 0 Å². The summed E-state index contributed by atoms with van der Waals surface area (Å²) < 4.78 is 15.8. The number of ether oxygens (including phenoxy) is 3. The van der Waals surface area contributed by atoms with Crippen molar-refractivity contribution in [2.24, 2.45) is 0 Å². The predicted molar refractivity (Wildman–Crippen MR) is 117 cm³/mol. The number of anilines is 1. The average molecular weight is 430 g/mol. The molecule has 0 bridgehead atoms. The number of carbonyl (C=O) groups excluding carboxylic acids is 2. The molecule has 0 atom stereocenters. The van der Waals surface area contributed by atoms with E-state index in [2.05, 4.69) is 15.2 Å². The predicted octanol–water partition coefficient (Wildman–Crippen LogP) is 3.45. The normalized spacial score (nSPS) is 12.9. The Morgan fingerprint density at radius 2 is 1.59 bits per heavy atom. The Balaban J connectivity index is 1.67. The van der Waals surface area contributed by atoms with E-state index in [4.69, 9.17) is 14.2 Å². The van der Waals surface area contributed by atoms with Crippen molar-refractivity contribution >= 4 is 28.5 Å². The van der Waals surface area contributed by atoms with E-state index in [-0.39, 0.29) is 11.1 Å². The first-order valence-electron chi connectivity index (χ1n) is 9.69. The van der Waals surface area contributed by atoms with E-state index in [0.29, 0.717) is 39.7 Å². The summed E-state index contributed by atoms with van der Waals surface area (Å²) in [5.41, 5.74) is 2.50. The summed E-state index contributed by atoms with van der Waals surface area (Å²) in [6.45, 7) is 0. The van der Waals surface area contributed by atoms with Crippen LogP contribution in [0.1, 0.15) is 20.7 Å². The van der Waals surface area contributed by atoms with E-state index in [1.54, 1.807) is 37.4 Å². The lowest BCUT2D eigenvalue weighted by Crippen LogP contribution is -2.29. The van der Waals surface area contributed by atoms with Crippen LogP contribution in [0.3, 0.4) is 0 Å². The van der Waals surface area contributed by atoms with Gasteiger partial charge in [0, 0.05) is 17.8 Å². The van der Waals surface area contributed by atoms with Gasteiger partial charge in [0.1, 0.15) is 17.2 Å². The third-order valence-corrected chi connectivity index (χ3v) is 5.44. The highest BCUT2D eigenvalue weighted by Gasteiger charge is 2.41. The molecule has 2 aromatic carbocycles. The van der Waals surface area contributed by atoms with Gasteiger partial charge in [0.25, 0.3) is 11.8 Å². The molecule has 1 aliphatic rings. The van der Waals surface area contributed by atoms with Crippen molar-refractivity contribution in [3.05, 3.63) is 59.8 Å². The summed E-state index contributed by atoms with van der Waals surface area (Å²) >= 11 is 0. The van der Waals surface area contributed by atoms with Crippen molar-refractivity contribution in [3.63, 3.8) is 0 Å². The van der Waals surface area contributed by atoms with E-state index >= 15 is 0 Å². The van der Waals surface area contributed by atoms with Gasteiger partial charge in [0.05, 0.1) is 49.2 Å². The molecule has 32 heavy (non-hydrogen) atoms. The topological polar surface area (TPSA) is 107 Å². The van der Waals surface area contributed by atoms with Crippen LogP contribution >= 0.6 is 0 Å². The number of amides is 2. The standard InChI is InChI=1S/C23H18N4O5/c1-30-13-6-4-12(5-7-13)20-19-18-15(11-24-21(19)26-25-20)22(28)27(23(18)29)16-9-8-14(31-2)10-17(16)32-3/h4-11H,1-3H3,(H,24,25,26). The zero-order chi connectivity index (χ0) is 22.4. The summed E-state index contributed by atoms with van der Waals surface area (Å²) in [6, 6.07) is 12.2. The molecule has 0 spiro atoms. The van der Waals surface area contributed by atoms with Gasteiger partial charge >= 0.3 is 0 Å². The summed E-state index contributed by atoms with van der Waals surface area (Å²) in [5.74, 6) is 0.625. The summed E-state index contributed by atoms with van der Waals surface area (Å²) in [5, 5.41) is 7.67. The Bertz CT molecular complexity index is 1380. The fraction of sp³-hybridized carbons (Fsp3) is 0.130. The lowest BCUT2D eigenvalue weighted by Gasteiger charge is -2.18. The summed E-state index contributed by atoms with van der Waals surface area (Å²) in [6.07, 6.45) is 1.38. The Kier molecular flexibility index (Phi) is 4.51. The molecular weight excluding hydrogens is 412 g/mol. The number of fused-ring (bicyclic) bond motifs is 3. The van der Waals surface area contributed by atoms with Crippen LogP contribution < -0.4 is 19.1 Å². The molecule has 1 N–H and O–H groups in total. The minimum absolute atomic E-state index is 0.205. The van der Waals surface area contributed by atoms with Crippen molar-refractivity contribution in [1.82, 2.24) is 15.2 Å². The molecule has 160 valence electrons. The molecule has 9 nitrogen and oxygen atoms in total. The number of nitrogens with one attached hydrogen (secondary N) is 1. The van der Waals surface area contributed by atoms with Gasteiger partial charge in [-0.1, -0.05) is 0 Å². The van der Waals surface area contributed by atoms with E-state index in [9.17, 15) is 9.59 Å². The van der Waals surface area contributed by atoms with Gasteiger partial charge in [-0.15, -0.1) is 0 Å². The van der Waals surface area contributed by atoms with Gasteiger partial charge < -0.3 is 14.2 Å². The second-order valence-electron chi connectivity index (χ2n) is 7.06. The quantitative estimate of drug-likeness (QED) is 0.483. The highest BCUT2D eigenvalue weighted by Crippen LogP contribution is 2.40. The van der Waals surface area contributed by atoms with Crippen molar-refractivity contribution in [3.8, 4) is 28.5 Å². The number of imide groups is 1. The van der Waals surface area contributed by atoms with Crippen LogP contribution in [-0.4, -0.2) is 48.3 Å². The zero-order valence-corrected chi connectivity index (χ0v) is 17.5.